The fraction of sp³-hybridized carbons (Fsp3) is 0.241. The van der Waals surface area contributed by atoms with Gasteiger partial charge in [-0.3, -0.25) is 9.78 Å². The van der Waals surface area contributed by atoms with Crippen LogP contribution in [-0.2, 0) is 21.0 Å². The zero-order chi connectivity index (χ0) is 30.5. The number of aromatic nitrogens is 1. The van der Waals surface area contributed by atoms with Gasteiger partial charge in [-0.1, -0.05) is 53.1 Å². The summed E-state index contributed by atoms with van der Waals surface area (Å²) in [5, 5.41) is 10.5. The van der Waals surface area contributed by atoms with Gasteiger partial charge in [0.2, 0.25) is 0 Å². The van der Waals surface area contributed by atoms with E-state index in [2.05, 4.69) is 17.0 Å². The highest BCUT2D eigenvalue weighted by atomic mass is 35.5. The van der Waals surface area contributed by atoms with Crippen molar-refractivity contribution in [2.45, 2.75) is 43.2 Å². The SMILES string of the molecule is C#Cc1cc(C(F)(F)F)ncc1-c1cc(S(=O)(=O)N2C=CSC(CC3=CC=CCC3)=C2)c(OCCCC(=O)O)cc1Cl. The van der Waals surface area contributed by atoms with Crippen LogP contribution in [0.25, 0.3) is 11.1 Å². The Labute approximate surface area is 250 Å². The maximum atomic E-state index is 14.0. The topological polar surface area (TPSA) is 96.8 Å². The Morgan fingerprint density at radius 2 is 2.05 bits per heavy atom. The number of halogens is 4. The molecule has 0 saturated carbocycles. The summed E-state index contributed by atoms with van der Waals surface area (Å²) in [5.41, 5.74) is -0.205. The predicted octanol–water partition coefficient (Wildman–Crippen LogP) is 7.36. The average molecular weight is 637 g/mol. The molecule has 0 amide bonds. The number of thioether (sulfide) groups is 1. The molecule has 0 saturated heterocycles. The Morgan fingerprint density at radius 3 is 2.71 bits per heavy atom. The van der Waals surface area contributed by atoms with Crippen LogP contribution in [0.2, 0.25) is 5.02 Å². The Kier molecular flexibility index (Phi) is 9.76. The molecule has 42 heavy (non-hydrogen) atoms. The van der Waals surface area contributed by atoms with Gasteiger partial charge in [-0.2, -0.15) is 13.2 Å². The molecule has 2 aliphatic rings. The number of rotatable bonds is 10. The van der Waals surface area contributed by atoms with Gasteiger partial charge in [0, 0.05) is 59.1 Å². The van der Waals surface area contributed by atoms with Crippen LogP contribution in [0.1, 0.15) is 43.4 Å². The first-order chi connectivity index (χ1) is 19.9. The zero-order valence-corrected chi connectivity index (χ0v) is 24.3. The summed E-state index contributed by atoms with van der Waals surface area (Å²) in [5.74, 6) is 0.986. The summed E-state index contributed by atoms with van der Waals surface area (Å²) in [6.07, 6.45) is 12.7. The number of carbonyl (C=O) groups is 1. The minimum absolute atomic E-state index is 0.0163. The lowest BCUT2D eigenvalue weighted by Crippen LogP contribution is -2.23. The van der Waals surface area contributed by atoms with Gasteiger partial charge in [0.25, 0.3) is 10.0 Å². The van der Waals surface area contributed by atoms with Crippen molar-refractivity contribution in [3.63, 3.8) is 0 Å². The zero-order valence-electron chi connectivity index (χ0n) is 21.9. The summed E-state index contributed by atoms with van der Waals surface area (Å²) in [6, 6.07) is 3.08. The predicted molar refractivity (Wildman–Crippen MR) is 155 cm³/mol. The summed E-state index contributed by atoms with van der Waals surface area (Å²) in [4.78, 5) is 14.8. The molecular formula is C29H24ClF3N2O5S2. The van der Waals surface area contributed by atoms with Crippen LogP contribution in [-0.4, -0.2) is 35.4 Å². The van der Waals surface area contributed by atoms with Crippen molar-refractivity contribution in [2.24, 2.45) is 0 Å². The number of terminal acetylenes is 1. The fourth-order valence-electron chi connectivity index (χ4n) is 4.17. The summed E-state index contributed by atoms with van der Waals surface area (Å²) in [6.45, 7) is -0.129. The number of carboxylic acid groups (broad SMARTS) is 1. The minimum atomic E-state index is -4.75. The van der Waals surface area contributed by atoms with Crippen LogP contribution in [0.15, 0.2) is 75.8 Å². The number of alkyl halides is 3. The maximum absolute atomic E-state index is 14.0. The third-order valence-corrected chi connectivity index (χ3v) is 9.00. The first-order valence-electron chi connectivity index (χ1n) is 12.5. The molecule has 1 aromatic heterocycles. The molecule has 7 nitrogen and oxygen atoms in total. The van der Waals surface area contributed by atoms with Crippen LogP contribution in [0.3, 0.4) is 0 Å². The van der Waals surface area contributed by atoms with E-state index in [4.69, 9.17) is 27.9 Å². The monoisotopic (exact) mass is 636 g/mol. The van der Waals surface area contributed by atoms with Gasteiger partial charge < -0.3 is 9.84 Å². The fourth-order valence-corrected chi connectivity index (χ4v) is 6.74. The second-order valence-corrected chi connectivity index (χ2v) is 12.4. The Morgan fingerprint density at radius 1 is 1.26 bits per heavy atom. The van der Waals surface area contributed by atoms with Crippen LogP contribution in [0.4, 0.5) is 13.2 Å². The molecule has 1 N–H and O–H groups in total. The third-order valence-electron chi connectivity index (χ3n) is 6.22. The standard InChI is InChI=1S/C29H24ClF3N2O5S2/c1-2-20-14-27(29(31,32)33)34-17-23(20)22-15-26(25(16-24(22)30)40-11-6-9-28(36)37)42(38,39)35-10-12-41-21(18-35)13-19-7-4-3-5-8-19/h1,3-4,7,10,12,14-18H,5-6,8-9,11,13H2,(H,36,37). The van der Waals surface area contributed by atoms with Crippen molar-refractivity contribution in [1.82, 2.24) is 9.29 Å². The molecule has 2 aromatic rings. The Hall–Kier alpha value is -3.66. The van der Waals surface area contributed by atoms with Gasteiger partial charge in [0.1, 0.15) is 16.3 Å². The molecule has 0 spiro atoms. The van der Waals surface area contributed by atoms with Crippen molar-refractivity contribution in [3.05, 3.63) is 87.2 Å². The molecule has 4 rings (SSSR count). The average Bonchev–Trinajstić information content (AvgIpc) is 2.95. The van der Waals surface area contributed by atoms with Crippen LogP contribution in [0, 0.1) is 12.3 Å². The first kappa shape index (κ1) is 31.3. The number of allylic oxidation sites excluding steroid dienone is 5. The Balaban J connectivity index is 1.78. The van der Waals surface area contributed by atoms with Gasteiger partial charge in [-0.25, -0.2) is 12.7 Å². The Bertz CT molecular complexity index is 1660. The van der Waals surface area contributed by atoms with Gasteiger partial charge in [0.05, 0.1) is 11.6 Å². The number of nitrogens with zero attached hydrogens (tertiary/aromatic N) is 2. The second kappa shape index (κ2) is 13.1. The highest BCUT2D eigenvalue weighted by Crippen LogP contribution is 2.41. The van der Waals surface area contributed by atoms with E-state index in [0.717, 1.165) is 33.8 Å². The van der Waals surface area contributed by atoms with Crippen molar-refractivity contribution >= 4 is 39.4 Å². The van der Waals surface area contributed by atoms with E-state index < -0.39 is 27.9 Å². The molecule has 2 heterocycles. The quantitative estimate of drug-likeness (QED) is 0.215. The molecular weight excluding hydrogens is 613 g/mol. The van der Waals surface area contributed by atoms with Gasteiger partial charge >= 0.3 is 12.1 Å². The van der Waals surface area contributed by atoms with Crippen molar-refractivity contribution in [1.29, 1.82) is 0 Å². The normalized spacial score (nSPS) is 15.2. The van der Waals surface area contributed by atoms with E-state index in [-0.39, 0.29) is 51.8 Å². The maximum Gasteiger partial charge on any atom is 0.433 e. The number of hydrogen-bond donors (Lipinski definition) is 1. The molecule has 0 fully saturated rings. The summed E-state index contributed by atoms with van der Waals surface area (Å²) >= 11 is 7.87. The number of sulfonamides is 1. The molecule has 1 aliphatic carbocycles. The smallest absolute Gasteiger partial charge is 0.433 e. The van der Waals surface area contributed by atoms with E-state index in [1.54, 1.807) is 5.41 Å². The molecule has 0 bridgehead atoms. The minimum Gasteiger partial charge on any atom is -0.492 e. The number of carboxylic acids is 1. The lowest BCUT2D eigenvalue weighted by molar-refractivity contribution is -0.141. The van der Waals surface area contributed by atoms with Crippen molar-refractivity contribution < 1.29 is 36.2 Å². The number of hydrogen-bond acceptors (Lipinski definition) is 6. The lowest BCUT2D eigenvalue weighted by Gasteiger charge is -2.24. The van der Waals surface area contributed by atoms with E-state index in [1.165, 1.54) is 36.3 Å². The lowest BCUT2D eigenvalue weighted by atomic mass is 10.0. The van der Waals surface area contributed by atoms with Gasteiger partial charge in [-0.05, 0) is 36.8 Å². The number of pyridine rings is 1. The molecule has 1 aromatic carbocycles. The van der Waals surface area contributed by atoms with Gasteiger partial charge in [0.15, 0.2) is 0 Å². The van der Waals surface area contributed by atoms with Crippen molar-refractivity contribution in [3.8, 4) is 29.2 Å². The molecule has 0 unspecified atom stereocenters. The highest BCUT2D eigenvalue weighted by Gasteiger charge is 2.34. The first-order valence-corrected chi connectivity index (χ1v) is 15.2. The second-order valence-electron chi connectivity index (χ2n) is 9.18. The highest BCUT2D eigenvalue weighted by molar-refractivity contribution is 8.05. The molecule has 0 atom stereocenters. The third kappa shape index (κ3) is 7.40. The van der Waals surface area contributed by atoms with E-state index >= 15 is 0 Å². The number of benzene rings is 1. The molecule has 220 valence electrons. The summed E-state index contributed by atoms with van der Waals surface area (Å²) < 4.78 is 74.5. The van der Waals surface area contributed by atoms with Crippen molar-refractivity contribution in [2.75, 3.05) is 6.61 Å². The molecule has 0 radical (unpaired) electrons. The largest absolute Gasteiger partial charge is 0.492 e. The summed E-state index contributed by atoms with van der Waals surface area (Å²) in [7, 11) is -4.35. The van der Waals surface area contributed by atoms with E-state index in [9.17, 15) is 26.4 Å². The van der Waals surface area contributed by atoms with E-state index in [1.807, 2.05) is 12.2 Å². The number of ether oxygens (including phenoxy) is 1. The molecule has 13 heteroatoms. The number of aliphatic carboxylic acids is 1. The van der Waals surface area contributed by atoms with Crippen LogP contribution in [0.5, 0.6) is 5.75 Å². The van der Waals surface area contributed by atoms with Gasteiger partial charge in [-0.15, -0.1) is 6.42 Å². The van der Waals surface area contributed by atoms with Crippen LogP contribution >= 0.6 is 23.4 Å². The van der Waals surface area contributed by atoms with Crippen LogP contribution < -0.4 is 4.74 Å². The van der Waals surface area contributed by atoms with E-state index in [0.29, 0.717) is 12.5 Å². The molecule has 1 aliphatic heterocycles.